The molecule has 0 atom stereocenters. The average Bonchev–Trinajstić information content (AvgIpc) is 2.60. The largest absolute Gasteiger partial charge is 0.481 e. The molecule has 0 spiro atoms. The topological polar surface area (TPSA) is 87.2 Å². The lowest BCUT2D eigenvalue weighted by Crippen LogP contribution is -2.18. The standard InChI is InChI=1S/C18H25N3O3/c1-5-12-7-14(18(24-4)20-11(12)3)9-19-15-8-13(6-2)16(10-22)21-17(15)23/h7-8,19,22H,5-6,9-10H2,1-4H3,(H,21,23). The van der Waals surface area contributed by atoms with Crippen LogP contribution in [0.3, 0.4) is 0 Å². The molecule has 0 aromatic carbocycles. The second kappa shape index (κ2) is 7.97. The number of pyridine rings is 2. The molecule has 0 bridgehead atoms. The van der Waals surface area contributed by atoms with E-state index in [1.807, 2.05) is 13.8 Å². The van der Waals surface area contributed by atoms with Gasteiger partial charge in [-0.3, -0.25) is 4.79 Å². The van der Waals surface area contributed by atoms with Crippen molar-refractivity contribution in [3.8, 4) is 5.88 Å². The number of rotatable bonds is 7. The Balaban J connectivity index is 2.29. The second-order valence-electron chi connectivity index (χ2n) is 5.64. The first kappa shape index (κ1) is 18.0. The summed E-state index contributed by atoms with van der Waals surface area (Å²) in [5.41, 5.74) is 4.74. The van der Waals surface area contributed by atoms with E-state index in [1.165, 1.54) is 0 Å². The number of aliphatic hydroxyl groups excluding tert-OH is 1. The Kier molecular flexibility index (Phi) is 5.98. The van der Waals surface area contributed by atoms with E-state index in [2.05, 4.69) is 28.3 Å². The molecule has 0 saturated carbocycles. The Morgan fingerprint density at radius 2 is 1.92 bits per heavy atom. The first-order valence-electron chi connectivity index (χ1n) is 8.17. The van der Waals surface area contributed by atoms with E-state index in [0.717, 1.165) is 35.2 Å². The van der Waals surface area contributed by atoms with Crippen molar-refractivity contribution in [3.63, 3.8) is 0 Å². The highest BCUT2D eigenvalue weighted by atomic mass is 16.5. The van der Waals surface area contributed by atoms with Gasteiger partial charge in [0.15, 0.2) is 0 Å². The summed E-state index contributed by atoms with van der Waals surface area (Å²) in [6.07, 6.45) is 1.62. The first-order valence-corrected chi connectivity index (χ1v) is 8.17. The quantitative estimate of drug-likeness (QED) is 0.725. The van der Waals surface area contributed by atoms with Gasteiger partial charge in [0.05, 0.1) is 13.7 Å². The van der Waals surface area contributed by atoms with Gasteiger partial charge in [-0.25, -0.2) is 4.98 Å². The molecule has 6 heteroatoms. The lowest BCUT2D eigenvalue weighted by atomic mass is 10.1. The van der Waals surface area contributed by atoms with Gasteiger partial charge in [0, 0.05) is 23.5 Å². The molecule has 0 radical (unpaired) electrons. The van der Waals surface area contributed by atoms with Crippen LogP contribution in [0.25, 0.3) is 0 Å². The summed E-state index contributed by atoms with van der Waals surface area (Å²) < 4.78 is 5.36. The van der Waals surface area contributed by atoms with Crippen LogP contribution in [0.4, 0.5) is 5.69 Å². The molecule has 0 saturated heterocycles. The van der Waals surface area contributed by atoms with Gasteiger partial charge >= 0.3 is 0 Å². The van der Waals surface area contributed by atoms with Crippen LogP contribution in [0, 0.1) is 6.92 Å². The van der Waals surface area contributed by atoms with Crippen LogP contribution in [0.2, 0.25) is 0 Å². The molecular formula is C18H25N3O3. The Labute approximate surface area is 141 Å². The van der Waals surface area contributed by atoms with Gasteiger partial charge in [0.25, 0.3) is 5.56 Å². The number of hydrogen-bond acceptors (Lipinski definition) is 5. The molecule has 3 N–H and O–H groups in total. The molecular weight excluding hydrogens is 306 g/mol. The molecule has 0 aliphatic heterocycles. The molecule has 24 heavy (non-hydrogen) atoms. The maximum atomic E-state index is 12.1. The highest BCUT2D eigenvalue weighted by molar-refractivity contribution is 5.46. The first-order chi connectivity index (χ1) is 11.5. The second-order valence-corrected chi connectivity index (χ2v) is 5.64. The third-order valence-electron chi connectivity index (χ3n) is 4.15. The summed E-state index contributed by atoms with van der Waals surface area (Å²) in [6, 6.07) is 3.85. The number of nitrogens with one attached hydrogen (secondary N) is 2. The molecule has 0 aliphatic rings. The minimum Gasteiger partial charge on any atom is -0.481 e. The number of H-pyrrole nitrogens is 1. The molecule has 2 rings (SSSR count). The maximum Gasteiger partial charge on any atom is 0.271 e. The Morgan fingerprint density at radius 1 is 1.21 bits per heavy atom. The normalized spacial score (nSPS) is 10.7. The van der Waals surface area contributed by atoms with Crippen LogP contribution >= 0.6 is 0 Å². The lowest BCUT2D eigenvalue weighted by Gasteiger charge is -2.14. The number of aliphatic hydroxyl groups is 1. The van der Waals surface area contributed by atoms with Crippen molar-refractivity contribution in [3.05, 3.63) is 50.6 Å². The van der Waals surface area contributed by atoms with Crippen molar-refractivity contribution in [2.24, 2.45) is 0 Å². The number of aryl methyl sites for hydroxylation is 3. The Hall–Kier alpha value is -2.34. The van der Waals surface area contributed by atoms with Crippen LogP contribution in [0.1, 0.15) is 41.9 Å². The van der Waals surface area contributed by atoms with Crippen LogP contribution in [-0.4, -0.2) is 22.2 Å². The monoisotopic (exact) mass is 331 g/mol. The van der Waals surface area contributed by atoms with Crippen molar-refractivity contribution in [2.75, 3.05) is 12.4 Å². The van der Waals surface area contributed by atoms with E-state index in [0.29, 0.717) is 23.8 Å². The van der Waals surface area contributed by atoms with Gasteiger partial charge in [-0.2, -0.15) is 0 Å². The number of aromatic amines is 1. The van der Waals surface area contributed by atoms with Crippen LogP contribution in [0.5, 0.6) is 5.88 Å². The van der Waals surface area contributed by atoms with Crippen molar-refractivity contribution in [1.82, 2.24) is 9.97 Å². The SMILES string of the molecule is CCc1cc(CNc2cc(CC)c(CO)[nH]c2=O)c(OC)nc1C. The predicted molar refractivity (Wildman–Crippen MR) is 94.6 cm³/mol. The number of methoxy groups -OCH3 is 1. The third kappa shape index (κ3) is 3.76. The van der Waals surface area contributed by atoms with E-state index in [4.69, 9.17) is 4.74 Å². The predicted octanol–water partition coefficient (Wildman–Crippen LogP) is 2.32. The zero-order valence-corrected chi connectivity index (χ0v) is 14.7. The van der Waals surface area contributed by atoms with Gasteiger partial charge in [-0.1, -0.05) is 13.8 Å². The number of anilines is 1. The van der Waals surface area contributed by atoms with E-state index in [9.17, 15) is 9.90 Å². The molecule has 0 aliphatic carbocycles. The zero-order valence-electron chi connectivity index (χ0n) is 14.7. The van der Waals surface area contributed by atoms with Crippen molar-refractivity contribution >= 4 is 5.69 Å². The van der Waals surface area contributed by atoms with E-state index in [-0.39, 0.29) is 12.2 Å². The van der Waals surface area contributed by atoms with E-state index >= 15 is 0 Å². The highest BCUT2D eigenvalue weighted by Gasteiger charge is 2.11. The molecule has 0 fully saturated rings. The summed E-state index contributed by atoms with van der Waals surface area (Å²) in [7, 11) is 1.59. The van der Waals surface area contributed by atoms with Gasteiger partial charge in [-0.05, 0) is 43.0 Å². The van der Waals surface area contributed by atoms with Crippen LogP contribution in [0.15, 0.2) is 16.9 Å². The van der Waals surface area contributed by atoms with Crippen LogP contribution in [-0.2, 0) is 26.0 Å². The fourth-order valence-corrected chi connectivity index (χ4v) is 2.72. The average molecular weight is 331 g/mol. The molecule has 2 aromatic heterocycles. The van der Waals surface area contributed by atoms with Crippen LogP contribution < -0.4 is 15.6 Å². The minimum atomic E-state index is -0.244. The van der Waals surface area contributed by atoms with Crippen molar-refractivity contribution in [2.45, 2.75) is 46.8 Å². The van der Waals surface area contributed by atoms with Gasteiger partial charge in [0.1, 0.15) is 5.69 Å². The lowest BCUT2D eigenvalue weighted by molar-refractivity contribution is 0.275. The molecule has 0 amide bonds. The Bertz CT molecular complexity index is 769. The highest BCUT2D eigenvalue weighted by Crippen LogP contribution is 2.21. The van der Waals surface area contributed by atoms with Gasteiger partial charge < -0.3 is 20.1 Å². The number of aromatic nitrogens is 2. The molecule has 2 heterocycles. The summed E-state index contributed by atoms with van der Waals surface area (Å²) in [5, 5.41) is 12.5. The third-order valence-corrected chi connectivity index (χ3v) is 4.15. The fourth-order valence-electron chi connectivity index (χ4n) is 2.72. The summed E-state index contributed by atoms with van der Waals surface area (Å²) in [6.45, 7) is 6.30. The number of hydrogen-bond donors (Lipinski definition) is 3. The molecule has 6 nitrogen and oxygen atoms in total. The van der Waals surface area contributed by atoms with Crippen molar-refractivity contribution in [1.29, 1.82) is 0 Å². The number of ether oxygens (including phenoxy) is 1. The van der Waals surface area contributed by atoms with E-state index in [1.54, 1.807) is 13.2 Å². The zero-order chi connectivity index (χ0) is 17.7. The number of nitrogens with zero attached hydrogens (tertiary/aromatic N) is 1. The van der Waals surface area contributed by atoms with E-state index < -0.39 is 0 Å². The van der Waals surface area contributed by atoms with Gasteiger partial charge in [-0.15, -0.1) is 0 Å². The summed E-state index contributed by atoms with van der Waals surface area (Å²) >= 11 is 0. The summed E-state index contributed by atoms with van der Waals surface area (Å²) in [5.74, 6) is 0.566. The summed E-state index contributed by atoms with van der Waals surface area (Å²) in [4.78, 5) is 19.3. The maximum absolute atomic E-state index is 12.1. The smallest absolute Gasteiger partial charge is 0.271 e. The fraction of sp³-hybridized carbons (Fsp3) is 0.444. The Morgan fingerprint density at radius 3 is 2.50 bits per heavy atom. The van der Waals surface area contributed by atoms with Gasteiger partial charge in [0.2, 0.25) is 5.88 Å². The van der Waals surface area contributed by atoms with Crippen molar-refractivity contribution < 1.29 is 9.84 Å². The molecule has 130 valence electrons. The minimum absolute atomic E-state index is 0.172. The molecule has 2 aromatic rings. The molecule has 0 unspecified atom stereocenters.